The van der Waals surface area contributed by atoms with E-state index in [4.69, 9.17) is 10.5 Å². The summed E-state index contributed by atoms with van der Waals surface area (Å²) in [7, 11) is 0. The van der Waals surface area contributed by atoms with E-state index in [1.807, 2.05) is 0 Å². The van der Waals surface area contributed by atoms with Gasteiger partial charge in [0.25, 0.3) is 5.17 Å². The molecule has 1 saturated carbocycles. The van der Waals surface area contributed by atoms with Crippen LogP contribution in [-0.2, 0) is 4.74 Å². The van der Waals surface area contributed by atoms with Crippen molar-refractivity contribution in [1.82, 2.24) is 0 Å². The van der Waals surface area contributed by atoms with Gasteiger partial charge < -0.3 is 10.5 Å². The largest absolute Gasteiger partial charge is 0.471 e. The molecule has 70 valence electrons. The first-order chi connectivity index (χ1) is 5.79. The highest BCUT2D eigenvalue weighted by Crippen LogP contribution is 2.25. The van der Waals surface area contributed by atoms with E-state index in [1.165, 1.54) is 32.1 Å². The Bertz CT molecular complexity index is 143. The maximum atomic E-state index is 5.22. The van der Waals surface area contributed by atoms with Crippen LogP contribution >= 0.6 is 12.2 Å². The fraction of sp³-hybridized carbons (Fsp3) is 0.889. The first-order valence-corrected chi connectivity index (χ1v) is 5.12. The smallest absolute Gasteiger partial charge is 0.253 e. The fourth-order valence-corrected chi connectivity index (χ4v) is 1.89. The summed E-state index contributed by atoms with van der Waals surface area (Å²) < 4.78 is 5.05. The lowest BCUT2D eigenvalue weighted by Gasteiger charge is -2.20. The Morgan fingerprint density at radius 1 is 1.33 bits per heavy atom. The SMILES string of the molecule is NC(=S)OCCC1CCCCC1. The summed E-state index contributed by atoms with van der Waals surface area (Å²) in [5, 5.41) is 0.186. The third kappa shape index (κ3) is 3.90. The zero-order valence-electron chi connectivity index (χ0n) is 7.42. The number of thiocarbonyl (C=S) groups is 1. The minimum absolute atomic E-state index is 0.186. The van der Waals surface area contributed by atoms with E-state index < -0.39 is 0 Å². The predicted molar refractivity (Wildman–Crippen MR) is 53.9 cm³/mol. The molecule has 0 aromatic heterocycles. The molecule has 2 N–H and O–H groups in total. The topological polar surface area (TPSA) is 35.2 Å². The van der Waals surface area contributed by atoms with Gasteiger partial charge in [-0.3, -0.25) is 0 Å². The minimum Gasteiger partial charge on any atom is -0.471 e. The van der Waals surface area contributed by atoms with Gasteiger partial charge in [0.1, 0.15) is 0 Å². The van der Waals surface area contributed by atoms with Crippen molar-refractivity contribution in [3.8, 4) is 0 Å². The lowest BCUT2D eigenvalue weighted by molar-refractivity contribution is 0.240. The second-order valence-electron chi connectivity index (χ2n) is 3.46. The molecule has 2 nitrogen and oxygen atoms in total. The first kappa shape index (κ1) is 9.78. The molecule has 1 aliphatic rings. The minimum atomic E-state index is 0.186. The van der Waals surface area contributed by atoms with Gasteiger partial charge in [0.2, 0.25) is 0 Å². The van der Waals surface area contributed by atoms with Crippen LogP contribution in [0.5, 0.6) is 0 Å². The Morgan fingerprint density at radius 3 is 2.58 bits per heavy atom. The summed E-state index contributed by atoms with van der Waals surface area (Å²) in [6, 6.07) is 0. The van der Waals surface area contributed by atoms with Gasteiger partial charge in [0, 0.05) is 0 Å². The third-order valence-corrected chi connectivity index (χ3v) is 2.61. The zero-order chi connectivity index (χ0) is 8.81. The van der Waals surface area contributed by atoms with E-state index in [0.29, 0.717) is 6.61 Å². The highest BCUT2D eigenvalue weighted by atomic mass is 32.1. The summed E-state index contributed by atoms with van der Waals surface area (Å²) in [6.07, 6.45) is 8.03. The highest BCUT2D eigenvalue weighted by Gasteiger charge is 2.12. The standard InChI is InChI=1S/C9H17NOS/c10-9(12)11-7-6-8-4-2-1-3-5-8/h8H,1-7H2,(H2,10,12). The molecule has 0 aromatic carbocycles. The maximum absolute atomic E-state index is 5.22. The molecule has 0 amide bonds. The predicted octanol–water partition coefficient (Wildman–Crippen LogP) is 2.22. The fourth-order valence-electron chi connectivity index (χ4n) is 1.80. The molecule has 0 saturated heterocycles. The molecule has 0 heterocycles. The molecule has 1 fully saturated rings. The molecule has 1 aliphatic carbocycles. The molecule has 0 radical (unpaired) electrons. The summed E-state index contributed by atoms with van der Waals surface area (Å²) in [5.74, 6) is 0.855. The van der Waals surface area contributed by atoms with Crippen LogP contribution in [0, 0.1) is 5.92 Å². The number of ether oxygens (including phenoxy) is 1. The normalized spacial score (nSPS) is 19.0. The van der Waals surface area contributed by atoms with Crippen LogP contribution in [0.3, 0.4) is 0 Å². The van der Waals surface area contributed by atoms with Crippen molar-refractivity contribution in [2.75, 3.05) is 6.61 Å². The summed E-state index contributed by atoms with van der Waals surface area (Å²) in [4.78, 5) is 0. The van der Waals surface area contributed by atoms with Gasteiger partial charge in [-0.1, -0.05) is 32.1 Å². The van der Waals surface area contributed by atoms with Gasteiger partial charge >= 0.3 is 0 Å². The van der Waals surface area contributed by atoms with Crippen LogP contribution in [0.15, 0.2) is 0 Å². The second kappa shape index (κ2) is 5.36. The first-order valence-electron chi connectivity index (χ1n) is 4.71. The monoisotopic (exact) mass is 187 g/mol. The lowest BCUT2D eigenvalue weighted by atomic mass is 9.87. The van der Waals surface area contributed by atoms with E-state index in [2.05, 4.69) is 12.2 Å². The van der Waals surface area contributed by atoms with Crippen molar-refractivity contribution in [3.63, 3.8) is 0 Å². The number of rotatable bonds is 3. The third-order valence-electron chi connectivity index (χ3n) is 2.50. The van der Waals surface area contributed by atoms with Crippen molar-refractivity contribution in [1.29, 1.82) is 0 Å². The van der Waals surface area contributed by atoms with Crippen molar-refractivity contribution < 1.29 is 4.74 Å². The molecule has 12 heavy (non-hydrogen) atoms. The van der Waals surface area contributed by atoms with Crippen LogP contribution in [0.2, 0.25) is 0 Å². The quantitative estimate of drug-likeness (QED) is 0.688. The summed E-state index contributed by atoms with van der Waals surface area (Å²) in [5.41, 5.74) is 5.22. The number of hydrogen-bond acceptors (Lipinski definition) is 2. The maximum Gasteiger partial charge on any atom is 0.253 e. The number of hydrogen-bond donors (Lipinski definition) is 1. The van der Waals surface area contributed by atoms with E-state index >= 15 is 0 Å². The Labute approximate surface area is 79.5 Å². The highest BCUT2D eigenvalue weighted by molar-refractivity contribution is 7.80. The number of nitrogens with two attached hydrogens (primary N) is 1. The molecule has 0 aliphatic heterocycles. The van der Waals surface area contributed by atoms with Crippen LogP contribution < -0.4 is 5.73 Å². The molecule has 0 atom stereocenters. The second-order valence-corrected chi connectivity index (χ2v) is 3.86. The summed E-state index contributed by atoms with van der Waals surface area (Å²) in [6.45, 7) is 0.708. The zero-order valence-corrected chi connectivity index (χ0v) is 8.24. The van der Waals surface area contributed by atoms with E-state index in [1.54, 1.807) is 0 Å². The van der Waals surface area contributed by atoms with E-state index in [-0.39, 0.29) is 5.17 Å². The van der Waals surface area contributed by atoms with Gasteiger partial charge in [-0.05, 0) is 24.6 Å². The van der Waals surface area contributed by atoms with Gasteiger partial charge in [0.05, 0.1) is 6.61 Å². The average molecular weight is 187 g/mol. The Morgan fingerprint density at radius 2 is 2.00 bits per heavy atom. The van der Waals surface area contributed by atoms with Crippen molar-refractivity contribution in [2.24, 2.45) is 11.7 Å². The Kier molecular flexibility index (Phi) is 4.36. The van der Waals surface area contributed by atoms with E-state index in [0.717, 1.165) is 12.3 Å². The molecule has 1 rings (SSSR count). The molecule has 0 aromatic rings. The Balaban J connectivity index is 2.01. The van der Waals surface area contributed by atoms with Crippen molar-refractivity contribution >= 4 is 17.4 Å². The van der Waals surface area contributed by atoms with Gasteiger partial charge in [-0.25, -0.2) is 0 Å². The van der Waals surface area contributed by atoms with Gasteiger partial charge in [0.15, 0.2) is 0 Å². The molecule has 0 spiro atoms. The molecule has 3 heteroatoms. The molecular formula is C9H17NOS. The summed E-state index contributed by atoms with van der Waals surface area (Å²) >= 11 is 4.62. The van der Waals surface area contributed by atoms with E-state index in [9.17, 15) is 0 Å². The van der Waals surface area contributed by atoms with Crippen LogP contribution in [0.25, 0.3) is 0 Å². The Hall–Kier alpha value is -0.310. The van der Waals surface area contributed by atoms with Crippen LogP contribution in [0.1, 0.15) is 38.5 Å². The van der Waals surface area contributed by atoms with Gasteiger partial charge in [-0.2, -0.15) is 0 Å². The van der Waals surface area contributed by atoms with Crippen LogP contribution in [-0.4, -0.2) is 11.8 Å². The van der Waals surface area contributed by atoms with Crippen LogP contribution in [0.4, 0.5) is 0 Å². The van der Waals surface area contributed by atoms with Gasteiger partial charge in [-0.15, -0.1) is 0 Å². The van der Waals surface area contributed by atoms with Crippen molar-refractivity contribution in [3.05, 3.63) is 0 Å². The average Bonchev–Trinajstić information content (AvgIpc) is 2.05. The molecule has 0 unspecified atom stereocenters. The molecule has 0 bridgehead atoms. The molecular weight excluding hydrogens is 170 g/mol. The van der Waals surface area contributed by atoms with Crippen molar-refractivity contribution in [2.45, 2.75) is 38.5 Å². The lowest BCUT2D eigenvalue weighted by Crippen LogP contribution is -2.16.